The van der Waals surface area contributed by atoms with E-state index >= 15 is 0 Å². The molecule has 0 aromatic heterocycles. The SMILES string of the molecule is Nc1cc(F)cc(S(=O)Cc2ccc([N+](=O)[O-])c(F)c2)c1. The Morgan fingerprint density at radius 1 is 1.19 bits per heavy atom. The van der Waals surface area contributed by atoms with Gasteiger partial charge in [-0.15, -0.1) is 0 Å². The Morgan fingerprint density at radius 2 is 1.90 bits per heavy atom. The molecule has 0 aliphatic rings. The van der Waals surface area contributed by atoms with Crippen molar-refractivity contribution in [1.82, 2.24) is 0 Å². The molecule has 110 valence electrons. The Balaban J connectivity index is 2.23. The molecule has 0 bridgehead atoms. The van der Waals surface area contributed by atoms with Crippen molar-refractivity contribution in [2.75, 3.05) is 5.73 Å². The summed E-state index contributed by atoms with van der Waals surface area (Å²) >= 11 is 0. The van der Waals surface area contributed by atoms with Crippen LogP contribution in [0.15, 0.2) is 41.3 Å². The smallest absolute Gasteiger partial charge is 0.304 e. The highest BCUT2D eigenvalue weighted by Crippen LogP contribution is 2.21. The second-order valence-electron chi connectivity index (χ2n) is 4.25. The van der Waals surface area contributed by atoms with Crippen molar-refractivity contribution in [1.29, 1.82) is 0 Å². The van der Waals surface area contributed by atoms with Gasteiger partial charge in [0.05, 0.1) is 21.5 Å². The molecule has 0 radical (unpaired) electrons. The Bertz CT molecular complexity index is 717. The standard InChI is InChI=1S/C13H10F2N2O3S/c14-9-4-10(16)6-11(5-9)21(20)7-8-1-2-13(17(18)19)12(15)3-8/h1-6H,7,16H2. The number of hydrogen-bond donors (Lipinski definition) is 1. The van der Waals surface area contributed by atoms with Crippen molar-refractivity contribution < 1.29 is 17.9 Å². The van der Waals surface area contributed by atoms with Gasteiger partial charge in [0.1, 0.15) is 5.82 Å². The van der Waals surface area contributed by atoms with Gasteiger partial charge in [-0.05, 0) is 29.8 Å². The minimum absolute atomic E-state index is 0.0994. The fraction of sp³-hybridized carbons (Fsp3) is 0.0769. The van der Waals surface area contributed by atoms with E-state index < -0.39 is 33.0 Å². The van der Waals surface area contributed by atoms with Gasteiger partial charge in [0.15, 0.2) is 0 Å². The van der Waals surface area contributed by atoms with Gasteiger partial charge in [-0.25, -0.2) is 4.39 Å². The maximum Gasteiger partial charge on any atom is 0.304 e. The fourth-order valence-electron chi connectivity index (χ4n) is 1.74. The van der Waals surface area contributed by atoms with Gasteiger partial charge >= 0.3 is 5.69 Å². The zero-order valence-electron chi connectivity index (χ0n) is 10.6. The lowest BCUT2D eigenvalue weighted by molar-refractivity contribution is -0.387. The lowest BCUT2D eigenvalue weighted by atomic mass is 10.2. The average Bonchev–Trinajstić information content (AvgIpc) is 2.37. The average molecular weight is 312 g/mol. The van der Waals surface area contributed by atoms with Gasteiger partial charge in [-0.1, -0.05) is 6.07 Å². The number of rotatable bonds is 4. The van der Waals surface area contributed by atoms with Crippen LogP contribution in [-0.2, 0) is 16.6 Å². The molecule has 21 heavy (non-hydrogen) atoms. The number of halogens is 2. The zero-order chi connectivity index (χ0) is 15.6. The van der Waals surface area contributed by atoms with E-state index in [1.807, 2.05) is 0 Å². The number of nitrogens with zero attached hydrogens (tertiary/aromatic N) is 1. The molecule has 0 aliphatic carbocycles. The van der Waals surface area contributed by atoms with Crippen molar-refractivity contribution in [3.8, 4) is 0 Å². The summed E-state index contributed by atoms with van der Waals surface area (Å²) in [6.07, 6.45) is 0. The number of benzene rings is 2. The third-order valence-corrected chi connectivity index (χ3v) is 4.02. The number of nitro groups is 1. The second-order valence-corrected chi connectivity index (χ2v) is 5.70. The van der Waals surface area contributed by atoms with E-state index in [2.05, 4.69) is 0 Å². The third kappa shape index (κ3) is 3.60. The van der Waals surface area contributed by atoms with Gasteiger partial charge < -0.3 is 5.73 Å². The van der Waals surface area contributed by atoms with Crippen LogP contribution in [-0.4, -0.2) is 9.13 Å². The summed E-state index contributed by atoms with van der Waals surface area (Å²) in [7, 11) is -1.64. The van der Waals surface area contributed by atoms with E-state index in [0.717, 1.165) is 24.3 Å². The molecule has 0 fully saturated rings. The minimum Gasteiger partial charge on any atom is -0.399 e. The van der Waals surface area contributed by atoms with Crippen LogP contribution < -0.4 is 5.73 Å². The third-order valence-electron chi connectivity index (χ3n) is 2.66. The molecular weight excluding hydrogens is 302 g/mol. The first kappa shape index (κ1) is 15.0. The predicted octanol–water partition coefficient (Wildman–Crippen LogP) is 2.76. The Labute approximate surface area is 121 Å². The molecule has 0 saturated carbocycles. The minimum atomic E-state index is -1.64. The Kier molecular flexibility index (Phi) is 4.27. The monoisotopic (exact) mass is 312 g/mol. The van der Waals surface area contributed by atoms with Crippen molar-refractivity contribution in [3.63, 3.8) is 0 Å². The van der Waals surface area contributed by atoms with Crippen molar-refractivity contribution >= 4 is 22.2 Å². The van der Waals surface area contributed by atoms with Crippen molar-refractivity contribution in [2.45, 2.75) is 10.6 Å². The molecule has 1 unspecified atom stereocenters. The highest BCUT2D eigenvalue weighted by atomic mass is 32.2. The number of nitrogens with two attached hydrogens (primary N) is 1. The quantitative estimate of drug-likeness (QED) is 0.534. The van der Waals surface area contributed by atoms with Crippen molar-refractivity contribution in [2.24, 2.45) is 0 Å². The molecule has 0 aliphatic heterocycles. The zero-order valence-corrected chi connectivity index (χ0v) is 11.4. The van der Waals surface area contributed by atoms with Gasteiger partial charge in [0.2, 0.25) is 5.82 Å². The molecular formula is C13H10F2N2O3S. The van der Waals surface area contributed by atoms with Crippen molar-refractivity contribution in [3.05, 3.63) is 63.7 Å². The maximum atomic E-state index is 13.5. The molecule has 8 heteroatoms. The molecule has 1 atom stereocenters. The molecule has 2 rings (SSSR count). The molecule has 2 aromatic carbocycles. The van der Waals surface area contributed by atoms with Gasteiger partial charge in [-0.3, -0.25) is 14.3 Å². The second kappa shape index (κ2) is 5.96. The molecule has 0 amide bonds. The number of hydrogen-bond acceptors (Lipinski definition) is 4. The predicted molar refractivity (Wildman–Crippen MR) is 74.0 cm³/mol. The summed E-state index contributed by atoms with van der Waals surface area (Å²) in [5.74, 6) is -1.72. The van der Waals surface area contributed by atoms with Gasteiger partial charge in [-0.2, -0.15) is 4.39 Å². The fourth-order valence-corrected chi connectivity index (χ4v) is 2.90. The number of anilines is 1. The number of nitro benzene ring substituents is 1. The highest BCUT2D eigenvalue weighted by molar-refractivity contribution is 7.84. The first-order chi connectivity index (χ1) is 9.86. The summed E-state index contributed by atoms with van der Waals surface area (Å²) in [6.45, 7) is 0. The highest BCUT2D eigenvalue weighted by Gasteiger charge is 2.15. The summed E-state index contributed by atoms with van der Waals surface area (Å²) in [4.78, 5) is 9.83. The molecule has 5 nitrogen and oxygen atoms in total. The van der Waals surface area contributed by atoms with E-state index in [4.69, 9.17) is 5.73 Å². The van der Waals surface area contributed by atoms with E-state index in [-0.39, 0.29) is 16.3 Å². The number of nitrogen functional groups attached to an aromatic ring is 1. The molecule has 2 N–H and O–H groups in total. The van der Waals surface area contributed by atoms with E-state index in [1.54, 1.807) is 0 Å². The van der Waals surface area contributed by atoms with Crippen LogP contribution in [0.4, 0.5) is 20.2 Å². The lowest BCUT2D eigenvalue weighted by Crippen LogP contribution is -2.00. The van der Waals surface area contributed by atoms with Crippen LogP contribution in [0.3, 0.4) is 0 Å². The first-order valence-corrected chi connectivity index (χ1v) is 7.06. The summed E-state index contributed by atoms with van der Waals surface area (Å²) in [5, 5.41) is 10.5. The van der Waals surface area contributed by atoms with Crippen LogP contribution in [0, 0.1) is 21.7 Å². The lowest BCUT2D eigenvalue weighted by Gasteiger charge is -2.05. The van der Waals surface area contributed by atoms with Gasteiger partial charge in [0.25, 0.3) is 0 Å². The summed E-state index contributed by atoms with van der Waals surface area (Å²) in [5.41, 5.74) is 5.24. The molecule has 2 aromatic rings. The van der Waals surface area contributed by atoms with Crippen LogP contribution in [0.1, 0.15) is 5.56 Å². The largest absolute Gasteiger partial charge is 0.399 e. The normalized spacial score (nSPS) is 12.1. The first-order valence-electron chi connectivity index (χ1n) is 5.74. The summed E-state index contributed by atoms with van der Waals surface area (Å²) < 4.78 is 38.7. The molecule has 0 heterocycles. The van der Waals surface area contributed by atoms with Crippen LogP contribution >= 0.6 is 0 Å². The van der Waals surface area contributed by atoms with Gasteiger partial charge in [0, 0.05) is 16.6 Å². The van der Waals surface area contributed by atoms with Crippen LogP contribution in [0.2, 0.25) is 0 Å². The topological polar surface area (TPSA) is 86.2 Å². The van der Waals surface area contributed by atoms with E-state index in [9.17, 15) is 23.1 Å². The van der Waals surface area contributed by atoms with E-state index in [1.165, 1.54) is 12.1 Å². The molecule has 0 saturated heterocycles. The summed E-state index contributed by atoms with van der Waals surface area (Å²) in [6, 6.07) is 6.78. The Morgan fingerprint density at radius 3 is 2.48 bits per heavy atom. The van der Waals surface area contributed by atoms with Crippen LogP contribution in [0.25, 0.3) is 0 Å². The maximum absolute atomic E-state index is 13.5. The Hall–Kier alpha value is -2.35. The van der Waals surface area contributed by atoms with E-state index in [0.29, 0.717) is 5.56 Å². The van der Waals surface area contributed by atoms with Crippen LogP contribution in [0.5, 0.6) is 0 Å². The molecule has 0 spiro atoms.